The van der Waals surface area contributed by atoms with Crippen LogP contribution in [-0.4, -0.2) is 47.4 Å². The summed E-state index contributed by atoms with van der Waals surface area (Å²) in [5.74, 6) is 0.349. The third-order valence-corrected chi connectivity index (χ3v) is 8.36. The van der Waals surface area contributed by atoms with Gasteiger partial charge < -0.3 is 15.0 Å². The van der Waals surface area contributed by atoms with Gasteiger partial charge in [-0.2, -0.15) is 5.10 Å². The van der Waals surface area contributed by atoms with E-state index in [0.29, 0.717) is 16.9 Å². The molecule has 2 aromatic carbocycles. The Morgan fingerprint density at radius 3 is 2.57 bits per heavy atom. The average molecular weight is 494 g/mol. The number of pyridine rings is 1. The predicted molar refractivity (Wildman–Crippen MR) is 143 cm³/mol. The molecule has 4 aromatic rings. The molecule has 2 saturated heterocycles. The van der Waals surface area contributed by atoms with Crippen LogP contribution < -0.4 is 10.2 Å². The van der Waals surface area contributed by atoms with Gasteiger partial charge in [0.25, 0.3) is 5.91 Å². The van der Waals surface area contributed by atoms with Gasteiger partial charge >= 0.3 is 0 Å². The van der Waals surface area contributed by atoms with E-state index in [-0.39, 0.29) is 11.9 Å². The highest BCUT2D eigenvalue weighted by Crippen LogP contribution is 2.41. The van der Waals surface area contributed by atoms with Crippen molar-refractivity contribution in [2.24, 2.45) is 11.3 Å². The van der Waals surface area contributed by atoms with E-state index >= 15 is 0 Å². The molecular weight excluding hydrogens is 462 g/mol. The number of aromatic nitrogens is 3. The Bertz CT molecular complexity index is 1410. The fourth-order valence-electron chi connectivity index (χ4n) is 6.23. The maximum Gasteiger partial charge on any atom is 0.251 e. The molecule has 4 heterocycles. The molecule has 37 heavy (non-hydrogen) atoms. The van der Waals surface area contributed by atoms with Gasteiger partial charge in [-0.1, -0.05) is 31.0 Å². The monoisotopic (exact) mass is 493 g/mol. The summed E-state index contributed by atoms with van der Waals surface area (Å²) in [5.41, 5.74) is 6.01. The van der Waals surface area contributed by atoms with E-state index in [9.17, 15) is 4.79 Å². The number of aromatic amines is 1. The topological polar surface area (TPSA) is 83.1 Å². The zero-order chi connectivity index (χ0) is 24.8. The largest absolute Gasteiger partial charge is 0.380 e. The second kappa shape index (κ2) is 8.99. The molecule has 1 aliphatic carbocycles. The first-order valence-electron chi connectivity index (χ1n) is 13.3. The lowest BCUT2D eigenvalue weighted by Gasteiger charge is -2.56. The third-order valence-electron chi connectivity index (χ3n) is 8.36. The minimum atomic E-state index is -0.0737. The Morgan fingerprint density at radius 2 is 1.86 bits per heavy atom. The highest BCUT2D eigenvalue weighted by Gasteiger charge is 2.49. The van der Waals surface area contributed by atoms with E-state index in [4.69, 9.17) is 4.74 Å². The number of rotatable bonds is 6. The van der Waals surface area contributed by atoms with Crippen LogP contribution in [0.1, 0.15) is 47.8 Å². The lowest BCUT2D eigenvalue weighted by atomic mass is 9.78. The molecule has 3 fully saturated rings. The number of anilines is 1. The van der Waals surface area contributed by atoms with Crippen molar-refractivity contribution < 1.29 is 9.53 Å². The van der Waals surface area contributed by atoms with Gasteiger partial charge in [0.15, 0.2) is 0 Å². The van der Waals surface area contributed by atoms with E-state index in [1.807, 2.05) is 36.4 Å². The fraction of sp³-hybridized carbons (Fsp3) is 0.367. The van der Waals surface area contributed by atoms with Gasteiger partial charge in [0.2, 0.25) is 0 Å². The maximum absolute atomic E-state index is 13.5. The van der Waals surface area contributed by atoms with Crippen molar-refractivity contribution in [3.05, 3.63) is 78.1 Å². The molecule has 2 aliphatic heterocycles. The first kappa shape index (κ1) is 22.5. The number of benzene rings is 2. The van der Waals surface area contributed by atoms with Gasteiger partial charge in [-0.25, -0.2) is 0 Å². The molecule has 2 N–H and O–H groups in total. The van der Waals surface area contributed by atoms with E-state index < -0.39 is 0 Å². The van der Waals surface area contributed by atoms with Crippen LogP contribution in [-0.2, 0) is 4.74 Å². The number of fused-ring (bicyclic) bond motifs is 1. The Hall–Kier alpha value is -3.71. The third kappa shape index (κ3) is 4.07. The van der Waals surface area contributed by atoms with Gasteiger partial charge in [0.1, 0.15) is 0 Å². The van der Waals surface area contributed by atoms with Crippen molar-refractivity contribution in [1.82, 2.24) is 20.5 Å². The number of nitrogens with zero attached hydrogens (tertiary/aromatic N) is 3. The standard InChI is InChI=1S/C30H31N5O2/c36-29(32-28(20-5-1-2-6-20)26-7-3-4-14-31-26)22-10-13-25-24(15-22)27(34-33-25)21-8-11-23(12-9-21)35-16-30(17-35)18-37-19-30/h3-4,7-15,20,28H,1-2,5-6,16-19H2,(H,32,36)(H,33,34). The van der Waals surface area contributed by atoms with Gasteiger partial charge in [0.05, 0.1) is 41.6 Å². The van der Waals surface area contributed by atoms with Crippen molar-refractivity contribution in [2.45, 2.75) is 31.7 Å². The van der Waals surface area contributed by atoms with E-state index in [1.165, 1.54) is 18.5 Å². The molecule has 3 aliphatic rings. The Morgan fingerprint density at radius 1 is 1.05 bits per heavy atom. The highest BCUT2D eigenvalue weighted by molar-refractivity contribution is 6.01. The number of amides is 1. The first-order valence-corrected chi connectivity index (χ1v) is 13.3. The molecule has 2 aromatic heterocycles. The second-order valence-corrected chi connectivity index (χ2v) is 11.0. The first-order chi connectivity index (χ1) is 18.2. The smallest absolute Gasteiger partial charge is 0.251 e. The summed E-state index contributed by atoms with van der Waals surface area (Å²) >= 11 is 0. The molecule has 1 unspecified atom stereocenters. The van der Waals surface area contributed by atoms with Crippen LogP contribution in [0.5, 0.6) is 0 Å². The van der Waals surface area contributed by atoms with Crippen molar-refractivity contribution in [3.8, 4) is 11.3 Å². The minimum absolute atomic E-state index is 0.0707. The molecule has 188 valence electrons. The SMILES string of the molecule is O=C(NC(c1ccccn1)C1CCCC1)c1ccc2[nH]nc(-c3ccc(N4CC5(COC5)C4)cc3)c2c1. The van der Waals surface area contributed by atoms with Crippen LogP contribution in [0.25, 0.3) is 22.2 Å². The maximum atomic E-state index is 13.5. The minimum Gasteiger partial charge on any atom is -0.380 e. The Balaban J connectivity index is 1.12. The molecular formula is C30H31N5O2. The average Bonchev–Trinajstić information content (AvgIpc) is 3.56. The molecule has 7 rings (SSSR count). The number of ether oxygens (including phenoxy) is 1. The van der Waals surface area contributed by atoms with Crippen LogP contribution in [0.3, 0.4) is 0 Å². The van der Waals surface area contributed by atoms with Crippen LogP contribution >= 0.6 is 0 Å². The number of nitrogens with one attached hydrogen (secondary N) is 2. The molecule has 7 nitrogen and oxygen atoms in total. The van der Waals surface area contributed by atoms with Crippen LogP contribution in [0.2, 0.25) is 0 Å². The summed E-state index contributed by atoms with van der Waals surface area (Å²) in [6, 6.07) is 20.2. The number of hydrogen-bond donors (Lipinski definition) is 2. The lowest BCUT2D eigenvalue weighted by Crippen LogP contribution is -2.66. The Kier molecular flexibility index (Phi) is 5.47. The van der Waals surface area contributed by atoms with Crippen LogP contribution in [0, 0.1) is 11.3 Å². The molecule has 0 radical (unpaired) electrons. The summed E-state index contributed by atoms with van der Waals surface area (Å²) in [5, 5.41) is 12.0. The van der Waals surface area contributed by atoms with Crippen molar-refractivity contribution in [2.75, 3.05) is 31.2 Å². The number of H-pyrrole nitrogens is 1. The van der Waals surface area contributed by atoms with Gasteiger partial charge in [-0.15, -0.1) is 0 Å². The quantitative estimate of drug-likeness (QED) is 0.389. The zero-order valence-electron chi connectivity index (χ0n) is 20.8. The molecule has 1 spiro atoms. The molecule has 1 atom stereocenters. The predicted octanol–water partition coefficient (Wildman–Crippen LogP) is 5.12. The summed E-state index contributed by atoms with van der Waals surface area (Å²) in [6.07, 6.45) is 6.46. The van der Waals surface area contributed by atoms with E-state index in [1.54, 1.807) is 6.20 Å². The normalized spacial score (nSPS) is 19.5. The zero-order valence-corrected chi connectivity index (χ0v) is 20.8. The van der Waals surface area contributed by atoms with Crippen molar-refractivity contribution >= 4 is 22.5 Å². The van der Waals surface area contributed by atoms with Gasteiger partial charge in [-0.05, 0) is 61.2 Å². The summed E-state index contributed by atoms with van der Waals surface area (Å²) in [7, 11) is 0. The van der Waals surface area contributed by atoms with Crippen molar-refractivity contribution in [1.29, 1.82) is 0 Å². The second-order valence-electron chi connectivity index (χ2n) is 11.0. The number of carbonyl (C=O) groups excluding carboxylic acids is 1. The van der Waals surface area contributed by atoms with Crippen molar-refractivity contribution in [3.63, 3.8) is 0 Å². The Labute approximate surface area is 216 Å². The summed E-state index contributed by atoms with van der Waals surface area (Å²) < 4.78 is 5.40. The van der Waals surface area contributed by atoms with E-state index in [0.717, 1.165) is 67.0 Å². The number of hydrogen-bond acceptors (Lipinski definition) is 5. The molecule has 0 bridgehead atoms. The van der Waals surface area contributed by atoms with Crippen LogP contribution in [0.15, 0.2) is 66.9 Å². The highest BCUT2D eigenvalue weighted by atomic mass is 16.5. The van der Waals surface area contributed by atoms with Gasteiger partial charge in [-0.3, -0.25) is 14.9 Å². The molecule has 1 saturated carbocycles. The molecule has 1 amide bonds. The summed E-state index contributed by atoms with van der Waals surface area (Å²) in [4.78, 5) is 20.4. The number of carbonyl (C=O) groups is 1. The van der Waals surface area contributed by atoms with E-state index in [2.05, 4.69) is 49.7 Å². The van der Waals surface area contributed by atoms with Gasteiger partial charge in [0, 0.05) is 41.5 Å². The fourth-order valence-corrected chi connectivity index (χ4v) is 6.23. The summed E-state index contributed by atoms with van der Waals surface area (Å²) in [6.45, 7) is 3.91. The molecule has 7 heteroatoms. The van der Waals surface area contributed by atoms with Crippen LogP contribution in [0.4, 0.5) is 5.69 Å². The lowest BCUT2D eigenvalue weighted by molar-refractivity contribution is -0.127.